The van der Waals surface area contributed by atoms with E-state index in [1.165, 1.54) is 18.3 Å². The summed E-state index contributed by atoms with van der Waals surface area (Å²) in [7, 11) is 0. The van der Waals surface area contributed by atoms with Crippen LogP contribution in [-0.4, -0.2) is 23.3 Å². The van der Waals surface area contributed by atoms with Gasteiger partial charge >= 0.3 is 0 Å². The average molecular weight is 227 g/mol. The highest BCUT2D eigenvalue weighted by Gasteiger charge is 2.07. The van der Waals surface area contributed by atoms with E-state index in [4.69, 9.17) is 0 Å². The number of carbonyl (C=O) groups is 2. The number of nitrogens with one attached hydrogen (secondary N) is 2. The highest BCUT2D eigenvalue weighted by molar-refractivity contribution is 7.15. The van der Waals surface area contributed by atoms with E-state index >= 15 is 0 Å². The number of thiazole rings is 1. The molecule has 2 N–H and O–H groups in total. The Morgan fingerprint density at radius 2 is 2.07 bits per heavy atom. The molecule has 2 amide bonds. The van der Waals surface area contributed by atoms with Gasteiger partial charge in [-0.3, -0.25) is 9.59 Å². The van der Waals surface area contributed by atoms with Crippen LogP contribution in [0.25, 0.3) is 0 Å². The first kappa shape index (κ1) is 11.6. The molecule has 15 heavy (non-hydrogen) atoms. The molecular formula is C9H13N3O2S. The Kier molecular flexibility index (Phi) is 3.79. The van der Waals surface area contributed by atoms with Crippen LogP contribution in [0.2, 0.25) is 0 Å². The third kappa shape index (κ3) is 3.67. The number of amides is 2. The van der Waals surface area contributed by atoms with Gasteiger partial charge < -0.3 is 10.6 Å². The largest absolute Gasteiger partial charge is 0.347 e. The summed E-state index contributed by atoms with van der Waals surface area (Å²) in [6, 6.07) is 0. The molecule has 0 bridgehead atoms. The van der Waals surface area contributed by atoms with Crippen molar-refractivity contribution in [3.8, 4) is 0 Å². The summed E-state index contributed by atoms with van der Waals surface area (Å²) in [6.07, 6.45) is 0. The summed E-state index contributed by atoms with van der Waals surface area (Å²) < 4.78 is 0. The third-order valence-corrected chi connectivity index (χ3v) is 2.76. The molecule has 0 aliphatic carbocycles. The lowest BCUT2D eigenvalue weighted by Gasteiger charge is -2.01. The zero-order chi connectivity index (χ0) is 11.4. The summed E-state index contributed by atoms with van der Waals surface area (Å²) in [5, 5.41) is 5.60. The molecule has 6 heteroatoms. The van der Waals surface area contributed by atoms with Crippen LogP contribution in [0.4, 0.5) is 5.13 Å². The van der Waals surface area contributed by atoms with Crippen molar-refractivity contribution >= 4 is 28.3 Å². The Morgan fingerprint density at radius 1 is 1.40 bits per heavy atom. The molecule has 0 aliphatic heterocycles. The Balaban J connectivity index is 2.48. The fourth-order valence-electron chi connectivity index (χ4n) is 0.894. The second kappa shape index (κ2) is 4.88. The molecule has 82 valence electrons. The molecule has 1 heterocycles. The third-order valence-electron chi connectivity index (χ3n) is 1.77. The highest BCUT2D eigenvalue weighted by Crippen LogP contribution is 2.20. The first-order valence-corrected chi connectivity index (χ1v) is 5.29. The van der Waals surface area contributed by atoms with E-state index < -0.39 is 0 Å². The lowest BCUT2D eigenvalue weighted by atomic mass is 10.4. The van der Waals surface area contributed by atoms with E-state index in [0.29, 0.717) is 5.13 Å². The predicted molar refractivity (Wildman–Crippen MR) is 58.9 cm³/mol. The van der Waals surface area contributed by atoms with Crippen molar-refractivity contribution in [2.24, 2.45) is 0 Å². The number of hydrogen-bond acceptors (Lipinski definition) is 4. The number of aryl methyl sites for hydroxylation is 2. The zero-order valence-corrected chi connectivity index (χ0v) is 9.70. The molecule has 0 saturated carbocycles. The van der Waals surface area contributed by atoms with Crippen LogP contribution in [0, 0.1) is 13.8 Å². The van der Waals surface area contributed by atoms with Gasteiger partial charge in [0.05, 0.1) is 12.2 Å². The molecule has 1 aromatic heterocycles. The maximum Gasteiger partial charge on any atom is 0.245 e. The maximum absolute atomic E-state index is 11.3. The quantitative estimate of drug-likeness (QED) is 0.803. The number of carbonyl (C=O) groups excluding carboxylic acids is 2. The van der Waals surface area contributed by atoms with Crippen molar-refractivity contribution in [2.75, 3.05) is 11.9 Å². The van der Waals surface area contributed by atoms with Gasteiger partial charge in [0.2, 0.25) is 11.8 Å². The van der Waals surface area contributed by atoms with Gasteiger partial charge in [0.15, 0.2) is 5.13 Å². The van der Waals surface area contributed by atoms with Gasteiger partial charge in [-0.1, -0.05) is 0 Å². The van der Waals surface area contributed by atoms with E-state index in [1.54, 1.807) is 0 Å². The fourth-order valence-corrected chi connectivity index (χ4v) is 1.73. The Labute approximate surface area is 91.9 Å². The van der Waals surface area contributed by atoms with E-state index in [1.807, 2.05) is 13.8 Å². The molecule has 5 nitrogen and oxygen atoms in total. The Bertz CT molecular complexity index is 367. The molecule has 0 radical (unpaired) electrons. The minimum absolute atomic E-state index is 0.0208. The van der Waals surface area contributed by atoms with Crippen molar-refractivity contribution in [3.63, 3.8) is 0 Å². The minimum atomic E-state index is -0.265. The molecule has 1 aromatic rings. The summed E-state index contributed by atoms with van der Waals surface area (Å²) in [5.41, 5.74) is 0.912. The summed E-state index contributed by atoms with van der Waals surface area (Å²) in [6.45, 7) is 5.17. The first-order valence-electron chi connectivity index (χ1n) is 4.47. The maximum atomic E-state index is 11.3. The van der Waals surface area contributed by atoms with E-state index in [0.717, 1.165) is 10.6 Å². The Hall–Kier alpha value is -1.43. The normalized spacial score (nSPS) is 9.80. The van der Waals surface area contributed by atoms with Crippen molar-refractivity contribution < 1.29 is 9.59 Å². The SMILES string of the molecule is CC(=O)NCC(=O)Nc1nc(C)c(C)s1. The minimum Gasteiger partial charge on any atom is -0.347 e. The zero-order valence-electron chi connectivity index (χ0n) is 8.88. The van der Waals surface area contributed by atoms with Crippen LogP contribution in [-0.2, 0) is 9.59 Å². The number of anilines is 1. The molecule has 0 saturated heterocycles. The summed E-state index contributed by atoms with van der Waals surface area (Å²) in [4.78, 5) is 27.1. The monoisotopic (exact) mass is 227 g/mol. The van der Waals surface area contributed by atoms with Crippen LogP contribution in [0.15, 0.2) is 0 Å². The number of hydrogen-bond donors (Lipinski definition) is 2. The van der Waals surface area contributed by atoms with E-state index in [-0.39, 0.29) is 18.4 Å². The second-order valence-electron chi connectivity index (χ2n) is 3.12. The molecule has 1 rings (SSSR count). The van der Waals surface area contributed by atoms with Gasteiger partial charge in [-0.15, -0.1) is 11.3 Å². The van der Waals surface area contributed by atoms with Crippen LogP contribution >= 0.6 is 11.3 Å². The number of rotatable bonds is 3. The van der Waals surface area contributed by atoms with Gasteiger partial charge in [0.25, 0.3) is 0 Å². The topological polar surface area (TPSA) is 71.1 Å². The van der Waals surface area contributed by atoms with Gasteiger partial charge in [0, 0.05) is 11.8 Å². The van der Waals surface area contributed by atoms with Gasteiger partial charge in [-0.05, 0) is 13.8 Å². The first-order chi connectivity index (χ1) is 6.99. The molecule has 0 spiro atoms. The number of nitrogens with zero attached hydrogens (tertiary/aromatic N) is 1. The Morgan fingerprint density at radius 3 is 2.53 bits per heavy atom. The van der Waals surface area contributed by atoms with Crippen molar-refractivity contribution in [1.82, 2.24) is 10.3 Å². The van der Waals surface area contributed by atoms with Gasteiger partial charge in [-0.25, -0.2) is 4.98 Å². The number of aromatic nitrogens is 1. The standard InChI is InChI=1S/C9H13N3O2S/c1-5-6(2)15-9(11-5)12-8(14)4-10-7(3)13/h4H2,1-3H3,(H,10,13)(H,11,12,14). The second-order valence-corrected chi connectivity index (χ2v) is 4.32. The van der Waals surface area contributed by atoms with Crippen LogP contribution in [0.5, 0.6) is 0 Å². The average Bonchev–Trinajstić information content (AvgIpc) is 2.42. The van der Waals surface area contributed by atoms with Crippen molar-refractivity contribution in [3.05, 3.63) is 10.6 Å². The van der Waals surface area contributed by atoms with Crippen molar-refractivity contribution in [2.45, 2.75) is 20.8 Å². The van der Waals surface area contributed by atoms with Crippen LogP contribution in [0.1, 0.15) is 17.5 Å². The van der Waals surface area contributed by atoms with Crippen LogP contribution in [0.3, 0.4) is 0 Å². The summed E-state index contributed by atoms with van der Waals surface area (Å²) >= 11 is 1.42. The lowest BCUT2D eigenvalue weighted by molar-refractivity contribution is -0.122. The predicted octanol–water partition coefficient (Wildman–Crippen LogP) is 0.835. The van der Waals surface area contributed by atoms with Gasteiger partial charge in [0.1, 0.15) is 0 Å². The van der Waals surface area contributed by atoms with Crippen LogP contribution < -0.4 is 10.6 Å². The van der Waals surface area contributed by atoms with E-state index in [9.17, 15) is 9.59 Å². The lowest BCUT2D eigenvalue weighted by Crippen LogP contribution is -2.31. The molecule has 0 aliphatic rings. The molecule has 0 aromatic carbocycles. The van der Waals surface area contributed by atoms with Crippen molar-refractivity contribution in [1.29, 1.82) is 0 Å². The summed E-state index contributed by atoms with van der Waals surface area (Å²) in [5.74, 6) is -0.490. The molecule has 0 unspecified atom stereocenters. The van der Waals surface area contributed by atoms with E-state index in [2.05, 4.69) is 15.6 Å². The molecular weight excluding hydrogens is 214 g/mol. The van der Waals surface area contributed by atoms with Gasteiger partial charge in [-0.2, -0.15) is 0 Å². The smallest absolute Gasteiger partial charge is 0.245 e. The highest BCUT2D eigenvalue weighted by atomic mass is 32.1. The fraction of sp³-hybridized carbons (Fsp3) is 0.444. The molecule has 0 fully saturated rings. The molecule has 0 atom stereocenters.